The molecule has 3 atom stereocenters. The third-order valence-electron chi connectivity index (χ3n) is 4.48. The summed E-state index contributed by atoms with van der Waals surface area (Å²) in [4.78, 5) is 0. The normalized spacial score (nSPS) is 24.6. The number of rotatable bonds is 5. The molecule has 1 aromatic carbocycles. The Kier molecular flexibility index (Phi) is 4.97. The third kappa shape index (κ3) is 3.35. The number of nitrogens with one attached hydrogen (secondary N) is 1. The van der Waals surface area contributed by atoms with Crippen LogP contribution in [0.2, 0.25) is 0 Å². The van der Waals surface area contributed by atoms with Gasteiger partial charge in [-0.25, -0.2) is 0 Å². The molecule has 106 valence electrons. The van der Waals surface area contributed by atoms with Crippen molar-refractivity contribution in [3.8, 4) is 0 Å². The number of aliphatic hydroxyl groups is 1. The van der Waals surface area contributed by atoms with E-state index in [9.17, 15) is 5.11 Å². The number of hydrogen-bond acceptors (Lipinski definition) is 3. The van der Waals surface area contributed by atoms with E-state index in [4.69, 9.17) is 5.73 Å². The second kappa shape index (κ2) is 6.51. The average Bonchev–Trinajstić information content (AvgIpc) is 2.86. The molecular formula is C16H26N2O. The van der Waals surface area contributed by atoms with Gasteiger partial charge < -0.3 is 16.2 Å². The Labute approximate surface area is 116 Å². The van der Waals surface area contributed by atoms with Crippen LogP contribution in [0.1, 0.15) is 42.0 Å². The summed E-state index contributed by atoms with van der Waals surface area (Å²) >= 11 is 0. The van der Waals surface area contributed by atoms with Crippen LogP contribution in [0, 0.1) is 19.8 Å². The smallest absolute Gasteiger partial charge is 0.0474 e. The molecule has 0 heterocycles. The van der Waals surface area contributed by atoms with Gasteiger partial charge in [0, 0.05) is 25.2 Å². The molecule has 3 unspecified atom stereocenters. The van der Waals surface area contributed by atoms with Crippen LogP contribution < -0.4 is 11.1 Å². The quantitative estimate of drug-likeness (QED) is 0.761. The predicted octanol–water partition coefficient (Wildman–Crippen LogP) is 2.05. The molecule has 1 aliphatic carbocycles. The van der Waals surface area contributed by atoms with Crippen molar-refractivity contribution in [2.24, 2.45) is 11.7 Å². The first-order valence-electron chi connectivity index (χ1n) is 7.29. The molecule has 3 heteroatoms. The average molecular weight is 262 g/mol. The molecule has 0 aliphatic heterocycles. The molecule has 0 amide bonds. The van der Waals surface area contributed by atoms with Crippen molar-refractivity contribution in [3.05, 3.63) is 34.9 Å². The van der Waals surface area contributed by atoms with Gasteiger partial charge in [-0.1, -0.05) is 24.6 Å². The molecule has 1 fully saturated rings. The van der Waals surface area contributed by atoms with E-state index in [2.05, 4.69) is 37.4 Å². The summed E-state index contributed by atoms with van der Waals surface area (Å²) in [5, 5.41) is 13.0. The van der Waals surface area contributed by atoms with Crippen LogP contribution in [0.25, 0.3) is 0 Å². The third-order valence-corrected chi connectivity index (χ3v) is 4.48. The molecular weight excluding hydrogens is 236 g/mol. The Morgan fingerprint density at radius 3 is 2.74 bits per heavy atom. The van der Waals surface area contributed by atoms with Gasteiger partial charge in [0.15, 0.2) is 0 Å². The van der Waals surface area contributed by atoms with Crippen LogP contribution in [-0.4, -0.2) is 24.3 Å². The van der Waals surface area contributed by atoms with Gasteiger partial charge in [-0.05, 0) is 49.3 Å². The van der Waals surface area contributed by atoms with Crippen molar-refractivity contribution in [2.45, 2.75) is 45.2 Å². The van der Waals surface area contributed by atoms with Gasteiger partial charge in [-0.15, -0.1) is 0 Å². The summed E-state index contributed by atoms with van der Waals surface area (Å²) in [6, 6.07) is 7.14. The lowest BCUT2D eigenvalue weighted by Gasteiger charge is -2.26. The summed E-state index contributed by atoms with van der Waals surface area (Å²) in [5.74, 6) is 0.389. The Morgan fingerprint density at radius 1 is 1.32 bits per heavy atom. The fourth-order valence-corrected chi connectivity index (χ4v) is 3.01. The van der Waals surface area contributed by atoms with E-state index >= 15 is 0 Å². The van der Waals surface area contributed by atoms with E-state index in [-0.39, 0.29) is 12.6 Å². The molecule has 0 saturated heterocycles. The highest BCUT2D eigenvalue weighted by Crippen LogP contribution is 2.27. The van der Waals surface area contributed by atoms with Crippen molar-refractivity contribution in [1.82, 2.24) is 5.32 Å². The summed E-state index contributed by atoms with van der Waals surface area (Å²) in [7, 11) is 0. The van der Waals surface area contributed by atoms with Gasteiger partial charge in [-0.3, -0.25) is 0 Å². The Morgan fingerprint density at radius 2 is 2.11 bits per heavy atom. The van der Waals surface area contributed by atoms with Gasteiger partial charge >= 0.3 is 0 Å². The fourth-order valence-electron chi connectivity index (χ4n) is 3.01. The monoisotopic (exact) mass is 262 g/mol. The Hall–Kier alpha value is -0.900. The molecule has 1 saturated carbocycles. The Bertz CT molecular complexity index is 419. The second-order valence-electron chi connectivity index (χ2n) is 5.78. The van der Waals surface area contributed by atoms with Crippen LogP contribution in [0.15, 0.2) is 18.2 Å². The number of nitrogens with two attached hydrogens (primary N) is 1. The summed E-state index contributed by atoms with van der Waals surface area (Å²) < 4.78 is 0. The van der Waals surface area contributed by atoms with Crippen molar-refractivity contribution in [1.29, 1.82) is 0 Å². The number of hydrogen-bond donors (Lipinski definition) is 3. The first kappa shape index (κ1) is 14.5. The minimum absolute atomic E-state index is 0.191. The van der Waals surface area contributed by atoms with E-state index in [1.165, 1.54) is 23.1 Å². The SMILES string of the molecule is Cc1ccc(C(CN)NC2CCCC2CO)cc1C. The number of aryl methyl sites for hydroxylation is 2. The summed E-state index contributed by atoms with van der Waals surface area (Å²) in [6.45, 7) is 5.14. The van der Waals surface area contributed by atoms with E-state index in [1.807, 2.05) is 0 Å². The molecule has 0 radical (unpaired) electrons. The lowest BCUT2D eigenvalue weighted by Crippen LogP contribution is -2.39. The predicted molar refractivity (Wildman–Crippen MR) is 79.1 cm³/mol. The summed E-state index contributed by atoms with van der Waals surface area (Å²) in [5.41, 5.74) is 9.81. The van der Waals surface area contributed by atoms with E-state index in [0.29, 0.717) is 18.5 Å². The lowest BCUT2D eigenvalue weighted by molar-refractivity contribution is 0.200. The highest BCUT2D eigenvalue weighted by atomic mass is 16.3. The van der Waals surface area contributed by atoms with E-state index < -0.39 is 0 Å². The molecule has 0 aromatic heterocycles. The Balaban J connectivity index is 2.09. The molecule has 1 aromatic rings. The number of benzene rings is 1. The minimum atomic E-state index is 0.191. The highest BCUT2D eigenvalue weighted by Gasteiger charge is 2.28. The zero-order valence-electron chi connectivity index (χ0n) is 12.0. The molecule has 2 rings (SSSR count). The van der Waals surface area contributed by atoms with Gasteiger partial charge in [0.1, 0.15) is 0 Å². The van der Waals surface area contributed by atoms with Crippen molar-refractivity contribution in [3.63, 3.8) is 0 Å². The topological polar surface area (TPSA) is 58.3 Å². The van der Waals surface area contributed by atoms with E-state index in [0.717, 1.165) is 12.8 Å². The second-order valence-corrected chi connectivity index (χ2v) is 5.78. The van der Waals surface area contributed by atoms with Gasteiger partial charge in [0.05, 0.1) is 0 Å². The van der Waals surface area contributed by atoms with Crippen LogP contribution in [0.4, 0.5) is 0 Å². The molecule has 3 nitrogen and oxygen atoms in total. The zero-order valence-corrected chi connectivity index (χ0v) is 12.0. The first-order chi connectivity index (χ1) is 9.15. The van der Waals surface area contributed by atoms with Crippen LogP contribution in [-0.2, 0) is 0 Å². The van der Waals surface area contributed by atoms with Crippen molar-refractivity contribution in [2.75, 3.05) is 13.2 Å². The van der Waals surface area contributed by atoms with Gasteiger partial charge in [-0.2, -0.15) is 0 Å². The molecule has 4 N–H and O–H groups in total. The summed E-state index contributed by atoms with van der Waals surface area (Å²) in [6.07, 6.45) is 3.47. The van der Waals surface area contributed by atoms with E-state index in [1.54, 1.807) is 0 Å². The highest BCUT2D eigenvalue weighted by molar-refractivity contribution is 5.32. The lowest BCUT2D eigenvalue weighted by atomic mass is 9.98. The van der Waals surface area contributed by atoms with Crippen molar-refractivity contribution >= 4 is 0 Å². The maximum atomic E-state index is 9.40. The standard InChI is InChI=1S/C16H26N2O/c1-11-6-7-13(8-12(11)2)16(9-17)18-15-5-3-4-14(15)10-19/h6-8,14-16,18-19H,3-5,9-10,17H2,1-2H3. The maximum absolute atomic E-state index is 9.40. The van der Waals surface area contributed by atoms with Crippen LogP contribution in [0.3, 0.4) is 0 Å². The molecule has 1 aliphatic rings. The minimum Gasteiger partial charge on any atom is -0.396 e. The van der Waals surface area contributed by atoms with Gasteiger partial charge in [0.2, 0.25) is 0 Å². The zero-order chi connectivity index (χ0) is 13.8. The van der Waals surface area contributed by atoms with Crippen LogP contribution in [0.5, 0.6) is 0 Å². The molecule has 19 heavy (non-hydrogen) atoms. The number of aliphatic hydroxyl groups excluding tert-OH is 1. The van der Waals surface area contributed by atoms with Crippen molar-refractivity contribution < 1.29 is 5.11 Å². The first-order valence-corrected chi connectivity index (χ1v) is 7.29. The maximum Gasteiger partial charge on any atom is 0.0474 e. The largest absolute Gasteiger partial charge is 0.396 e. The molecule has 0 bridgehead atoms. The fraction of sp³-hybridized carbons (Fsp3) is 0.625. The van der Waals surface area contributed by atoms with Crippen LogP contribution >= 0.6 is 0 Å². The molecule has 0 spiro atoms. The van der Waals surface area contributed by atoms with Gasteiger partial charge in [0.25, 0.3) is 0 Å².